The van der Waals surface area contributed by atoms with Crippen LogP contribution in [-0.4, -0.2) is 26.0 Å². The number of benzene rings is 2. The average Bonchev–Trinajstić information content (AvgIpc) is 2.89. The Morgan fingerprint density at radius 2 is 1.57 bits per heavy atom. The lowest BCUT2D eigenvalue weighted by molar-refractivity contribution is 0.0696. The van der Waals surface area contributed by atoms with Gasteiger partial charge in [-0.1, -0.05) is 42.5 Å². The first-order chi connectivity index (χ1) is 17.8. The van der Waals surface area contributed by atoms with Crippen molar-refractivity contribution in [3.63, 3.8) is 0 Å². The zero-order chi connectivity index (χ0) is 26.7. The maximum absolute atomic E-state index is 13.4. The number of rotatable bonds is 5. The van der Waals surface area contributed by atoms with Gasteiger partial charge >= 0.3 is 12.3 Å². The molecule has 0 amide bonds. The van der Waals surface area contributed by atoms with Gasteiger partial charge in [0.1, 0.15) is 28.8 Å². The molecule has 1 N–H and O–H groups in total. The van der Waals surface area contributed by atoms with Crippen molar-refractivity contribution in [3.8, 4) is 11.3 Å². The van der Waals surface area contributed by atoms with Crippen LogP contribution in [0.3, 0.4) is 0 Å². The van der Waals surface area contributed by atoms with Gasteiger partial charge < -0.3 is 28.7 Å². The largest absolute Gasteiger partial charge is 0.513 e. The van der Waals surface area contributed by atoms with Gasteiger partial charge in [-0.15, -0.1) is 0 Å². The highest BCUT2D eigenvalue weighted by Crippen LogP contribution is 2.42. The average molecular weight is 506 g/mol. The third-order valence-electron chi connectivity index (χ3n) is 5.98. The Morgan fingerprint density at radius 1 is 0.919 bits per heavy atom. The van der Waals surface area contributed by atoms with Crippen LogP contribution in [0, 0.1) is 6.92 Å². The van der Waals surface area contributed by atoms with Gasteiger partial charge in [-0.25, -0.2) is 9.59 Å². The summed E-state index contributed by atoms with van der Waals surface area (Å²) in [5.41, 5.74) is 2.66. The van der Waals surface area contributed by atoms with Gasteiger partial charge in [-0.2, -0.15) is 0 Å². The number of nitrogens with one attached hydrogen (secondary N) is 1. The van der Waals surface area contributed by atoms with Crippen LogP contribution in [-0.2, 0) is 18.9 Å². The number of allylic oxidation sites excluding steroid dienone is 2. The number of carbonyl (C=O) groups excluding carboxylic acids is 2. The van der Waals surface area contributed by atoms with Gasteiger partial charge in [0.05, 0.1) is 30.5 Å². The molecule has 0 spiro atoms. The van der Waals surface area contributed by atoms with E-state index in [1.165, 1.54) is 7.11 Å². The fraction of sp³-hybridized carbons (Fsp3) is 0.250. The zero-order valence-electron chi connectivity index (χ0n) is 21.2. The van der Waals surface area contributed by atoms with E-state index in [0.717, 1.165) is 5.56 Å². The first kappa shape index (κ1) is 25.6. The maximum Gasteiger partial charge on any atom is 0.513 e. The van der Waals surface area contributed by atoms with Gasteiger partial charge in [-0.3, -0.25) is 4.79 Å². The second kappa shape index (κ2) is 10.6. The van der Waals surface area contributed by atoms with Crippen LogP contribution in [0.5, 0.6) is 0 Å². The van der Waals surface area contributed by atoms with Gasteiger partial charge in [0.25, 0.3) is 0 Å². The van der Waals surface area contributed by atoms with Crippen molar-refractivity contribution in [2.24, 2.45) is 0 Å². The van der Waals surface area contributed by atoms with E-state index in [2.05, 4.69) is 5.32 Å². The third kappa shape index (κ3) is 4.93. The maximum atomic E-state index is 13.4. The van der Waals surface area contributed by atoms with E-state index >= 15 is 0 Å². The molecule has 4 rings (SSSR count). The Labute approximate surface area is 213 Å². The Kier molecular flexibility index (Phi) is 7.33. The fourth-order valence-corrected chi connectivity index (χ4v) is 4.30. The smallest absolute Gasteiger partial charge is 0.455 e. The van der Waals surface area contributed by atoms with Gasteiger partial charge in [0.15, 0.2) is 5.43 Å². The molecule has 2 heterocycles. The van der Waals surface area contributed by atoms with Crippen molar-refractivity contribution < 1.29 is 33.0 Å². The number of hydrogen-bond acceptors (Lipinski definition) is 9. The van der Waals surface area contributed by atoms with Gasteiger partial charge in [0.2, 0.25) is 0 Å². The van der Waals surface area contributed by atoms with Crippen LogP contribution in [0.1, 0.15) is 37.8 Å². The predicted molar refractivity (Wildman–Crippen MR) is 136 cm³/mol. The third-order valence-corrected chi connectivity index (χ3v) is 5.98. The topological polar surface area (TPSA) is 113 Å². The minimum absolute atomic E-state index is 0.104. The van der Waals surface area contributed by atoms with Crippen LogP contribution in [0.4, 0.5) is 9.59 Å². The number of ether oxygens (including phenoxy) is 4. The molecule has 1 atom stereocenters. The molecule has 1 aromatic heterocycles. The van der Waals surface area contributed by atoms with Crippen LogP contribution >= 0.6 is 0 Å². The number of para-hydroxylation sites is 1. The number of methoxy groups -OCH3 is 1. The summed E-state index contributed by atoms with van der Waals surface area (Å²) in [7, 11) is 1.19. The molecule has 2 aromatic carbocycles. The molecule has 0 saturated carbocycles. The molecule has 192 valence electrons. The highest BCUT2D eigenvalue weighted by molar-refractivity contribution is 5.84. The van der Waals surface area contributed by atoms with Crippen LogP contribution in [0.15, 0.2) is 80.7 Å². The molecule has 0 radical (unpaired) electrons. The fourth-order valence-electron chi connectivity index (χ4n) is 4.30. The lowest BCUT2D eigenvalue weighted by atomic mass is 9.89. The molecule has 1 unspecified atom stereocenters. The Balaban J connectivity index is 2.00. The van der Waals surface area contributed by atoms with Crippen molar-refractivity contribution in [1.29, 1.82) is 0 Å². The summed E-state index contributed by atoms with van der Waals surface area (Å²) in [6, 6.07) is 14.3. The predicted octanol–water partition coefficient (Wildman–Crippen LogP) is 5.87. The van der Waals surface area contributed by atoms with E-state index in [4.69, 9.17) is 23.4 Å². The molecule has 0 saturated heterocycles. The van der Waals surface area contributed by atoms with Crippen molar-refractivity contribution in [3.05, 3.63) is 92.8 Å². The Hall–Kier alpha value is -4.53. The highest BCUT2D eigenvalue weighted by Gasteiger charge is 2.37. The number of hydrogen-bond donors (Lipinski definition) is 1. The lowest BCUT2D eigenvalue weighted by Gasteiger charge is -2.30. The summed E-state index contributed by atoms with van der Waals surface area (Å²) in [5.74, 6) is -0.291. The van der Waals surface area contributed by atoms with E-state index in [-0.39, 0.29) is 29.1 Å². The van der Waals surface area contributed by atoms with Crippen molar-refractivity contribution in [2.45, 2.75) is 33.6 Å². The number of dihydropyridines is 1. The normalized spacial score (nSPS) is 15.3. The summed E-state index contributed by atoms with van der Waals surface area (Å²) < 4.78 is 27.2. The van der Waals surface area contributed by atoms with E-state index < -0.39 is 18.2 Å². The molecule has 37 heavy (non-hydrogen) atoms. The Bertz CT molecular complexity index is 1480. The first-order valence-corrected chi connectivity index (χ1v) is 11.7. The van der Waals surface area contributed by atoms with Crippen molar-refractivity contribution in [1.82, 2.24) is 5.32 Å². The summed E-state index contributed by atoms with van der Waals surface area (Å²) in [4.78, 5) is 38.0. The summed E-state index contributed by atoms with van der Waals surface area (Å²) in [5, 5.41) is 3.39. The monoisotopic (exact) mass is 505 g/mol. The van der Waals surface area contributed by atoms with Crippen LogP contribution in [0.25, 0.3) is 22.3 Å². The van der Waals surface area contributed by atoms with Crippen LogP contribution < -0.4 is 10.7 Å². The van der Waals surface area contributed by atoms with E-state index in [1.807, 2.05) is 30.3 Å². The van der Waals surface area contributed by atoms with Crippen molar-refractivity contribution in [2.75, 3.05) is 13.7 Å². The molecular weight excluding hydrogens is 478 g/mol. The molecule has 3 aromatic rings. The number of carbonyl (C=O) groups is 2. The van der Waals surface area contributed by atoms with E-state index in [9.17, 15) is 14.4 Å². The molecule has 9 heteroatoms. The standard InChI is InChI=1S/C28H27NO8/c1-6-34-28(32)37-25-17(4)29-16(3)24(36-27(31)33-5)21(25)19-13-10-14-20-22(30)15(2)23(35-26(19)20)18-11-8-7-9-12-18/h7-14,21,29H,6H2,1-5H3. The summed E-state index contributed by atoms with van der Waals surface area (Å²) in [6.07, 6.45) is -1.89. The highest BCUT2D eigenvalue weighted by atomic mass is 16.7. The lowest BCUT2D eigenvalue weighted by Crippen LogP contribution is -2.29. The first-order valence-electron chi connectivity index (χ1n) is 11.7. The van der Waals surface area contributed by atoms with Crippen molar-refractivity contribution >= 4 is 23.3 Å². The molecular formula is C28H27NO8. The molecule has 9 nitrogen and oxygen atoms in total. The summed E-state index contributed by atoms with van der Waals surface area (Å²) >= 11 is 0. The number of fused-ring (bicyclic) bond motifs is 1. The summed E-state index contributed by atoms with van der Waals surface area (Å²) in [6.45, 7) is 6.88. The second-order valence-corrected chi connectivity index (χ2v) is 8.35. The molecule has 1 aliphatic rings. The van der Waals surface area contributed by atoms with Gasteiger partial charge in [0, 0.05) is 16.7 Å². The Morgan fingerprint density at radius 3 is 2.19 bits per heavy atom. The SMILES string of the molecule is CCOC(=O)OC1=C(C)NC(C)=C(OC(=O)OC)C1c1cccc2c(=O)c(C)c(-c3ccccc3)oc12. The van der Waals surface area contributed by atoms with E-state index in [1.54, 1.807) is 45.9 Å². The minimum Gasteiger partial charge on any atom is -0.455 e. The van der Waals surface area contributed by atoms with Gasteiger partial charge in [-0.05, 0) is 33.8 Å². The van der Waals surface area contributed by atoms with E-state index in [0.29, 0.717) is 33.7 Å². The quantitative estimate of drug-likeness (QED) is 0.425. The molecule has 0 bridgehead atoms. The zero-order valence-corrected chi connectivity index (χ0v) is 21.2. The second-order valence-electron chi connectivity index (χ2n) is 8.35. The molecule has 1 aliphatic heterocycles. The van der Waals surface area contributed by atoms with Crippen LogP contribution in [0.2, 0.25) is 0 Å². The minimum atomic E-state index is -0.960. The molecule has 0 aliphatic carbocycles. The molecule has 0 fully saturated rings.